The molecule has 3 aliphatic rings. The fourth-order valence-electron chi connectivity index (χ4n) is 6.81. The predicted octanol–water partition coefficient (Wildman–Crippen LogP) is 4.80. The molecular weight excluding hydrogens is 360 g/mol. The molecule has 122 valence electrons. The molecule has 5 atom stereocenters. The molecule has 2 fully saturated rings. The fraction of sp³-hybridized carbons (Fsp3) is 0.364. The lowest BCUT2D eigenvalue weighted by molar-refractivity contribution is 0.0334. The summed E-state index contributed by atoms with van der Waals surface area (Å²) in [5.74, 6) is 0.643. The molecule has 5 rings (SSSR count). The van der Waals surface area contributed by atoms with Crippen LogP contribution in [0.3, 0.4) is 0 Å². The molecule has 0 aromatic heterocycles. The van der Waals surface area contributed by atoms with Gasteiger partial charge in [-0.2, -0.15) is 0 Å². The monoisotopic (exact) mass is 380 g/mol. The van der Waals surface area contributed by atoms with E-state index in [2.05, 4.69) is 96.5 Å². The van der Waals surface area contributed by atoms with Crippen LogP contribution in [0.25, 0.3) is 0 Å². The van der Waals surface area contributed by atoms with Gasteiger partial charge >= 0.3 is 0 Å². The number of aliphatic hydroxyl groups excluding tert-OH is 1. The Kier molecular flexibility index (Phi) is 2.75. The van der Waals surface area contributed by atoms with Crippen molar-refractivity contribution in [3.63, 3.8) is 0 Å². The molecule has 1 nitrogen and oxygen atoms in total. The summed E-state index contributed by atoms with van der Waals surface area (Å²) in [5, 5.41) is 10.9. The average Bonchev–Trinajstić information content (AvgIpc) is 2.83. The lowest BCUT2D eigenvalue weighted by Crippen LogP contribution is -2.53. The SMILES string of the molecule is CC1(C)[C@@]2(c3ccccc3)[C@H]3[C@@H](O)C(Br)=C[C@@H]3[C@]12c1ccccc1. The Bertz CT molecular complexity index is 841. The summed E-state index contributed by atoms with van der Waals surface area (Å²) in [6.07, 6.45) is 1.88. The molecular formula is C22H21BrO. The third-order valence-corrected chi connectivity index (χ3v) is 8.07. The van der Waals surface area contributed by atoms with Gasteiger partial charge in [-0.1, -0.05) is 96.5 Å². The minimum Gasteiger partial charge on any atom is -0.388 e. The van der Waals surface area contributed by atoms with Gasteiger partial charge in [-0.15, -0.1) is 0 Å². The summed E-state index contributed by atoms with van der Waals surface area (Å²) in [5.41, 5.74) is 2.96. The predicted molar refractivity (Wildman–Crippen MR) is 100 cm³/mol. The molecule has 24 heavy (non-hydrogen) atoms. The van der Waals surface area contributed by atoms with E-state index >= 15 is 0 Å². The average molecular weight is 381 g/mol. The molecule has 0 aliphatic heterocycles. The summed E-state index contributed by atoms with van der Waals surface area (Å²) < 4.78 is 0.964. The van der Waals surface area contributed by atoms with E-state index in [0.717, 1.165) is 4.48 Å². The van der Waals surface area contributed by atoms with E-state index in [1.54, 1.807) is 0 Å². The van der Waals surface area contributed by atoms with Crippen LogP contribution in [-0.4, -0.2) is 11.2 Å². The number of fused-ring (bicyclic) bond motifs is 4. The number of hydrogen-bond donors (Lipinski definition) is 1. The summed E-state index contributed by atoms with van der Waals surface area (Å²) in [6.45, 7) is 4.78. The first kappa shape index (κ1) is 14.9. The van der Waals surface area contributed by atoms with Crippen molar-refractivity contribution >= 4 is 15.9 Å². The van der Waals surface area contributed by atoms with E-state index in [1.165, 1.54) is 11.1 Å². The molecule has 1 N–H and O–H groups in total. The van der Waals surface area contributed by atoms with Crippen LogP contribution in [0.15, 0.2) is 71.2 Å². The number of benzene rings is 2. The van der Waals surface area contributed by atoms with Crippen molar-refractivity contribution in [1.29, 1.82) is 0 Å². The van der Waals surface area contributed by atoms with Crippen LogP contribution in [0.1, 0.15) is 25.0 Å². The zero-order chi connectivity index (χ0) is 16.7. The van der Waals surface area contributed by atoms with Crippen LogP contribution < -0.4 is 0 Å². The van der Waals surface area contributed by atoms with Gasteiger partial charge in [0.2, 0.25) is 0 Å². The highest BCUT2D eigenvalue weighted by Crippen LogP contribution is 2.94. The van der Waals surface area contributed by atoms with Gasteiger partial charge in [-0.05, 0) is 22.5 Å². The van der Waals surface area contributed by atoms with Crippen molar-refractivity contribution in [2.75, 3.05) is 0 Å². The number of hydrogen-bond acceptors (Lipinski definition) is 1. The lowest BCUT2D eigenvalue weighted by Gasteiger charge is -2.49. The topological polar surface area (TPSA) is 20.2 Å². The summed E-state index contributed by atoms with van der Waals surface area (Å²) in [6, 6.07) is 21.8. The highest BCUT2D eigenvalue weighted by molar-refractivity contribution is 9.11. The van der Waals surface area contributed by atoms with Gasteiger partial charge in [0.05, 0.1) is 6.10 Å². The van der Waals surface area contributed by atoms with Gasteiger partial charge < -0.3 is 5.11 Å². The number of rotatable bonds is 2. The zero-order valence-corrected chi connectivity index (χ0v) is 15.5. The molecule has 2 saturated carbocycles. The third kappa shape index (κ3) is 1.25. The molecule has 0 spiro atoms. The Morgan fingerprint density at radius 1 is 0.833 bits per heavy atom. The Balaban J connectivity index is 1.79. The summed E-state index contributed by atoms with van der Waals surface area (Å²) >= 11 is 3.61. The van der Waals surface area contributed by atoms with Gasteiger partial charge in [-0.25, -0.2) is 0 Å². The molecule has 0 unspecified atom stereocenters. The first-order valence-corrected chi connectivity index (χ1v) is 9.47. The Labute approximate surface area is 151 Å². The van der Waals surface area contributed by atoms with Crippen LogP contribution >= 0.6 is 15.9 Å². The van der Waals surface area contributed by atoms with Gasteiger partial charge in [0.1, 0.15) is 0 Å². The maximum absolute atomic E-state index is 10.9. The smallest absolute Gasteiger partial charge is 0.0894 e. The Hall–Kier alpha value is -1.38. The molecule has 0 heterocycles. The molecule has 2 heteroatoms. The zero-order valence-electron chi connectivity index (χ0n) is 13.9. The second kappa shape index (κ2) is 4.42. The van der Waals surface area contributed by atoms with Crippen molar-refractivity contribution in [2.45, 2.75) is 30.8 Å². The van der Waals surface area contributed by atoms with Crippen LogP contribution in [0.5, 0.6) is 0 Å². The summed E-state index contributed by atoms with van der Waals surface area (Å²) in [7, 11) is 0. The third-order valence-electron chi connectivity index (χ3n) is 7.34. The first-order chi connectivity index (χ1) is 11.5. The van der Waals surface area contributed by atoms with Crippen LogP contribution in [0, 0.1) is 17.3 Å². The highest BCUT2D eigenvalue weighted by Gasteiger charge is 2.96. The summed E-state index contributed by atoms with van der Waals surface area (Å²) in [4.78, 5) is 0. The molecule has 0 amide bonds. The number of halogens is 1. The van der Waals surface area contributed by atoms with Crippen molar-refractivity contribution in [3.05, 3.63) is 82.3 Å². The molecule has 2 aromatic rings. The minimum absolute atomic E-state index is 0.00127. The lowest BCUT2D eigenvalue weighted by atomic mass is 9.53. The first-order valence-electron chi connectivity index (χ1n) is 8.67. The molecule has 0 radical (unpaired) electrons. The number of allylic oxidation sites excluding steroid dienone is 1. The second-order valence-electron chi connectivity index (χ2n) is 8.02. The standard InChI is InChI=1S/C22H21BrO/c1-20(2)21(14-9-5-3-6-10-14)16-13-17(23)19(24)18(16)22(20,21)15-11-7-4-8-12-15/h3-13,16,18-19,24H,1-2H3/t16-,18+,19-,21+,22+/m0/s1. The van der Waals surface area contributed by atoms with E-state index in [0.29, 0.717) is 5.92 Å². The van der Waals surface area contributed by atoms with Crippen molar-refractivity contribution < 1.29 is 5.11 Å². The molecule has 0 bridgehead atoms. The minimum atomic E-state index is -0.395. The number of aliphatic hydroxyl groups is 1. The Morgan fingerprint density at radius 2 is 1.33 bits per heavy atom. The van der Waals surface area contributed by atoms with Crippen LogP contribution in [0.2, 0.25) is 0 Å². The quantitative estimate of drug-likeness (QED) is 0.792. The molecule has 2 aromatic carbocycles. The van der Waals surface area contributed by atoms with E-state index in [1.807, 2.05) is 0 Å². The molecule has 3 aliphatic carbocycles. The molecule has 0 saturated heterocycles. The van der Waals surface area contributed by atoms with Crippen LogP contribution in [-0.2, 0) is 10.8 Å². The highest BCUT2D eigenvalue weighted by atomic mass is 79.9. The van der Waals surface area contributed by atoms with Gasteiger partial charge in [0.25, 0.3) is 0 Å². The van der Waals surface area contributed by atoms with E-state index in [-0.39, 0.29) is 22.2 Å². The van der Waals surface area contributed by atoms with E-state index in [9.17, 15) is 5.11 Å². The fourth-order valence-corrected chi connectivity index (χ4v) is 7.38. The Morgan fingerprint density at radius 3 is 1.88 bits per heavy atom. The van der Waals surface area contributed by atoms with Crippen molar-refractivity contribution in [2.24, 2.45) is 17.3 Å². The van der Waals surface area contributed by atoms with Crippen molar-refractivity contribution in [3.8, 4) is 0 Å². The van der Waals surface area contributed by atoms with Gasteiger partial charge in [0.15, 0.2) is 0 Å². The van der Waals surface area contributed by atoms with Gasteiger partial charge in [0, 0.05) is 21.2 Å². The largest absolute Gasteiger partial charge is 0.388 e. The van der Waals surface area contributed by atoms with Crippen molar-refractivity contribution in [1.82, 2.24) is 0 Å². The van der Waals surface area contributed by atoms with E-state index in [4.69, 9.17) is 0 Å². The van der Waals surface area contributed by atoms with Gasteiger partial charge in [-0.3, -0.25) is 0 Å². The second-order valence-corrected chi connectivity index (χ2v) is 8.94. The maximum Gasteiger partial charge on any atom is 0.0894 e. The maximum atomic E-state index is 10.9. The van der Waals surface area contributed by atoms with E-state index < -0.39 is 6.10 Å². The normalized spacial score (nSPS) is 41.0. The van der Waals surface area contributed by atoms with Crippen LogP contribution in [0.4, 0.5) is 0 Å².